The van der Waals surface area contributed by atoms with Crippen LogP contribution in [0.25, 0.3) is 5.57 Å². The summed E-state index contributed by atoms with van der Waals surface area (Å²) in [6.07, 6.45) is 3.26. The van der Waals surface area contributed by atoms with Gasteiger partial charge in [-0.3, -0.25) is 0 Å². The summed E-state index contributed by atoms with van der Waals surface area (Å²) in [6.45, 7) is 1.96. The van der Waals surface area contributed by atoms with E-state index >= 15 is 0 Å². The van der Waals surface area contributed by atoms with Crippen molar-refractivity contribution < 1.29 is 9.47 Å². The summed E-state index contributed by atoms with van der Waals surface area (Å²) in [5.74, 6) is 1.71. The molecule has 4 heteroatoms. The van der Waals surface area contributed by atoms with Crippen LogP contribution in [0.1, 0.15) is 12.0 Å². The highest BCUT2D eigenvalue weighted by molar-refractivity contribution is 5.85. The molecular weight excluding hydrogens is 238 g/mol. The Morgan fingerprint density at radius 3 is 2.59 bits per heavy atom. The van der Waals surface area contributed by atoms with Gasteiger partial charge in [-0.2, -0.15) is 0 Å². The second-order valence-electron chi connectivity index (χ2n) is 3.75. The van der Waals surface area contributed by atoms with Crippen molar-refractivity contribution in [3.8, 4) is 11.5 Å². The second kappa shape index (κ2) is 6.52. The normalized spacial score (nSPS) is 14.6. The van der Waals surface area contributed by atoms with Gasteiger partial charge >= 0.3 is 0 Å². The molecule has 0 aliphatic carbocycles. The highest BCUT2D eigenvalue weighted by Gasteiger charge is 2.11. The van der Waals surface area contributed by atoms with Crippen LogP contribution in [0.4, 0.5) is 0 Å². The van der Waals surface area contributed by atoms with E-state index in [0.717, 1.165) is 31.0 Å². The lowest BCUT2D eigenvalue weighted by molar-refractivity contribution is 0.393. The summed E-state index contributed by atoms with van der Waals surface area (Å²) in [4.78, 5) is 0. The van der Waals surface area contributed by atoms with Gasteiger partial charge in [0.05, 0.1) is 14.2 Å². The predicted octanol–water partition coefficient (Wildman–Crippen LogP) is 2.50. The first-order valence-corrected chi connectivity index (χ1v) is 5.47. The van der Waals surface area contributed by atoms with E-state index < -0.39 is 0 Å². The number of benzene rings is 1. The smallest absolute Gasteiger partial charge is 0.130 e. The molecule has 1 aliphatic heterocycles. The summed E-state index contributed by atoms with van der Waals surface area (Å²) in [5, 5.41) is 3.30. The molecule has 17 heavy (non-hydrogen) atoms. The fourth-order valence-corrected chi connectivity index (χ4v) is 1.93. The molecule has 1 aromatic rings. The Morgan fingerprint density at radius 1 is 1.18 bits per heavy atom. The molecule has 0 bridgehead atoms. The number of nitrogens with one attached hydrogen (secondary N) is 1. The van der Waals surface area contributed by atoms with Crippen molar-refractivity contribution in [1.29, 1.82) is 0 Å². The second-order valence-corrected chi connectivity index (χ2v) is 3.75. The largest absolute Gasteiger partial charge is 0.497 e. The first kappa shape index (κ1) is 13.9. The number of halogens is 1. The highest BCUT2D eigenvalue weighted by Crippen LogP contribution is 2.32. The fourth-order valence-electron chi connectivity index (χ4n) is 1.93. The van der Waals surface area contributed by atoms with Gasteiger partial charge in [0.25, 0.3) is 0 Å². The monoisotopic (exact) mass is 255 g/mol. The number of methoxy groups -OCH3 is 2. The molecule has 1 heterocycles. The summed E-state index contributed by atoms with van der Waals surface area (Å²) in [7, 11) is 3.36. The zero-order chi connectivity index (χ0) is 11.4. The van der Waals surface area contributed by atoms with Crippen LogP contribution in [-0.2, 0) is 0 Å². The van der Waals surface area contributed by atoms with E-state index in [1.54, 1.807) is 14.2 Å². The predicted molar refractivity (Wildman–Crippen MR) is 72.3 cm³/mol. The van der Waals surface area contributed by atoms with Crippen LogP contribution in [0.5, 0.6) is 11.5 Å². The van der Waals surface area contributed by atoms with Crippen molar-refractivity contribution in [2.75, 3.05) is 27.3 Å². The minimum absolute atomic E-state index is 0. The summed E-state index contributed by atoms with van der Waals surface area (Å²) < 4.78 is 10.6. The van der Waals surface area contributed by atoms with Crippen LogP contribution in [0, 0.1) is 0 Å². The Kier molecular flexibility index (Phi) is 5.32. The Balaban J connectivity index is 0.00000144. The van der Waals surface area contributed by atoms with Gasteiger partial charge in [-0.25, -0.2) is 0 Å². The maximum Gasteiger partial charge on any atom is 0.130 e. The third kappa shape index (κ3) is 3.14. The third-order valence-electron chi connectivity index (χ3n) is 2.82. The summed E-state index contributed by atoms with van der Waals surface area (Å²) in [6, 6.07) is 5.97. The Morgan fingerprint density at radius 2 is 2.00 bits per heavy atom. The minimum Gasteiger partial charge on any atom is -0.497 e. The Bertz CT molecular complexity index is 404. The number of hydrogen-bond donors (Lipinski definition) is 1. The van der Waals surface area contributed by atoms with Gasteiger partial charge in [-0.1, -0.05) is 6.08 Å². The lowest BCUT2D eigenvalue weighted by Crippen LogP contribution is -2.20. The van der Waals surface area contributed by atoms with Crippen molar-refractivity contribution in [3.63, 3.8) is 0 Å². The topological polar surface area (TPSA) is 30.5 Å². The van der Waals surface area contributed by atoms with Gasteiger partial charge in [-0.15, -0.1) is 12.4 Å². The maximum atomic E-state index is 5.40. The van der Waals surface area contributed by atoms with Gasteiger partial charge in [0.15, 0.2) is 0 Å². The first-order valence-electron chi connectivity index (χ1n) is 5.47. The highest BCUT2D eigenvalue weighted by atomic mass is 35.5. The SMILES string of the molecule is COc1ccc(C2=CCNCC2)c(OC)c1.Cl. The van der Waals surface area contributed by atoms with E-state index in [9.17, 15) is 0 Å². The van der Waals surface area contributed by atoms with E-state index in [0.29, 0.717) is 0 Å². The van der Waals surface area contributed by atoms with Gasteiger partial charge in [0, 0.05) is 18.2 Å². The molecule has 0 saturated heterocycles. The van der Waals surface area contributed by atoms with Gasteiger partial charge in [0.2, 0.25) is 0 Å². The maximum absolute atomic E-state index is 5.40. The first-order chi connectivity index (χ1) is 7.85. The fraction of sp³-hybridized carbons (Fsp3) is 0.385. The lowest BCUT2D eigenvalue weighted by atomic mass is 9.99. The zero-order valence-corrected chi connectivity index (χ0v) is 11.0. The van der Waals surface area contributed by atoms with Gasteiger partial charge in [-0.05, 0) is 30.7 Å². The molecule has 94 valence electrons. The number of ether oxygens (including phenoxy) is 2. The summed E-state index contributed by atoms with van der Waals surface area (Å²) in [5.41, 5.74) is 2.52. The summed E-state index contributed by atoms with van der Waals surface area (Å²) >= 11 is 0. The third-order valence-corrected chi connectivity index (χ3v) is 2.82. The number of hydrogen-bond acceptors (Lipinski definition) is 3. The quantitative estimate of drug-likeness (QED) is 0.900. The van der Waals surface area contributed by atoms with Crippen LogP contribution in [0.3, 0.4) is 0 Å². The van der Waals surface area contributed by atoms with E-state index in [4.69, 9.17) is 9.47 Å². The minimum atomic E-state index is 0. The molecule has 1 aliphatic rings. The van der Waals surface area contributed by atoms with Crippen molar-refractivity contribution in [3.05, 3.63) is 29.8 Å². The molecule has 2 rings (SSSR count). The lowest BCUT2D eigenvalue weighted by Gasteiger charge is -2.17. The van der Waals surface area contributed by atoms with Crippen LogP contribution < -0.4 is 14.8 Å². The van der Waals surface area contributed by atoms with Gasteiger partial charge in [0.1, 0.15) is 11.5 Å². The zero-order valence-electron chi connectivity index (χ0n) is 10.2. The molecule has 1 aromatic carbocycles. The molecule has 0 fully saturated rings. The molecule has 0 unspecified atom stereocenters. The molecular formula is C13H18ClNO2. The molecule has 1 N–H and O–H groups in total. The van der Waals surface area contributed by atoms with Gasteiger partial charge < -0.3 is 14.8 Å². The van der Waals surface area contributed by atoms with E-state index in [2.05, 4.69) is 17.5 Å². The van der Waals surface area contributed by atoms with Crippen molar-refractivity contribution in [2.45, 2.75) is 6.42 Å². The molecule has 3 nitrogen and oxygen atoms in total. The molecule has 0 saturated carbocycles. The van der Waals surface area contributed by atoms with Crippen molar-refractivity contribution in [1.82, 2.24) is 5.32 Å². The van der Waals surface area contributed by atoms with Crippen LogP contribution >= 0.6 is 12.4 Å². The molecule has 0 radical (unpaired) electrons. The number of rotatable bonds is 3. The standard InChI is InChI=1S/C13H17NO2.ClH/c1-15-11-3-4-12(13(9-11)16-2)10-5-7-14-8-6-10;/h3-5,9,14H,6-8H2,1-2H3;1H. The van der Waals surface area contributed by atoms with E-state index in [1.165, 1.54) is 11.1 Å². The molecule has 0 atom stereocenters. The molecule has 0 amide bonds. The van der Waals surface area contributed by atoms with Crippen molar-refractivity contribution in [2.24, 2.45) is 0 Å². The molecule has 0 aromatic heterocycles. The molecule has 0 spiro atoms. The van der Waals surface area contributed by atoms with Crippen LogP contribution in [0.15, 0.2) is 24.3 Å². The Labute approximate surface area is 108 Å². The van der Waals surface area contributed by atoms with Crippen LogP contribution in [0.2, 0.25) is 0 Å². The van der Waals surface area contributed by atoms with E-state index in [1.807, 2.05) is 12.1 Å². The van der Waals surface area contributed by atoms with Crippen molar-refractivity contribution >= 4 is 18.0 Å². The van der Waals surface area contributed by atoms with Crippen LogP contribution in [-0.4, -0.2) is 27.3 Å². The average Bonchev–Trinajstić information content (AvgIpc) is 2.39. The Hall–Kier alpha value is -1.19. The van der Waals surface area contributed by atoms with E-state index in [-0.39, 0.29) is 12.4 Å². The average molecular weight is 256 g/mol.